The number of hydrogen-bond donors (Lipinski definition) is 2. The lowest BCUT2D eigenvalue weighted by atomic mass is 10.2. The van der Waals surface area contributed by atoms with Crippen LogP contribution in [0.25, 0.3) is 0 Å². The molecule has 0 heterocycles. The maximum Gasteiger partial charge on any atom is 0.234 e. The zero-order valence-electron chi connectivity index (χ0n) is 10.3. The Balaban J connectivity index is 3.64. The highest BCUT2D eigenvalue weighted by Gasteiger charge is 2.09. The molecule has 1 amide bonds. The number of nitrogens with one attached hydrogen (secondary N) is 2. The lowest BCUT2D eigenvalue weighted by molar-refractivity contribution is -0.121. The smallest absolute Gasteiger partial charge is 0.234 e. The van der Waals surface area contributed by atoms with E-state index in [4.69, 9.17) is 4.74 Å². The molecule has 0 spiro atoms. The molecule has 0 saturated carbocycles. The first-order chi connectivity index (χ1) is 7.13. The van der Waals surface area contributed by atoms with Gasteiger partial charge < -0.3 is 15.4 Å². The zero-order chi connectivity index (χ0) is 11.7. The van der Waals surface area contributed by atoms with Crippen molar-refractivity contribution < 1.29 is 9.53 Å². The van der Waals surface area contributed by atoms with E-state index in [1.54, 1.807) is 7.11 Å². The molecule has 1 unspecified atom stereocenters. The van der Waals surface area contributed by atoms with Crippen molar-refractivity contribution >= 4 is 5.91 Å². The van der Waals surface area contributed by atoms with Gasteiger partial charge in [-0.25, -0.2) is 0 Å². The summed E-state index contributed by atoms with van der Waals surface area (Å²) < 4.78 is 4.97. The number of ether oxygens (including phenoxy) is 1. The Morgan fingerprint density at radius 2 is 1.93 bits per heavy atom. The van der Waals surface area contributed by atoms with Crippen LogP contribution in [0.15, 0.2) is 0 Å². The van der Waals surface area contributed by atoms with Crippen molar-refractivity contribution in [3.8, 4) is 0 Å². The van der Waals surface area contributed by atoms with Gasteiger partial charge in [0.15, 0.2) is 0 Å². The Labute approximate surface area is 92.8 Å². The van der Waals surface area contributed by atoms with Gasteiger partial charge in [0.2, 0.25) is 5.91 Å². The molecule has 15 heavy (non-hydrogen) atoms. The molecule has 4 nitrogen and oxygen atoms in total. The monoisotopic (exact) mass is 216 g/mol. The minimum atomic E-state index is 0.0617. The summed E-state index contributed by atoms with van der Waals surface area (Å²) in [5.41, 5.74) is 0. The van der Waals surface area contributed by atoms with E-state index in [-0.39, 0.29) is 11.9 Å². The molecule has 0 bridgehead atoms. The summed E-state index contributed by atoms with van der Waals surface area (Å²) in [5.74, 6) is 0.0617. The summed E-state index contributed by atoms with van der Waals surface area (Å²) in [4.78, 5) is 11.5. The Morgan fingerprint density at radius 1 is 1.33 bits per heavy atom. The van der Waals surface area contributed by atoms with E-state index < -0.39 is 0 Å². The predicted octanol–water partition coefficient (Wildman–Crippen LogP) is 0.916. The second-order valence-corrected chi connectivity index (χ2v) is 3.82. The zero-order valence-corrected chi connectivity index (χ0v) is 10.3. The number of rotatable bonds is 8. The van der Waals surface area contributed by atoms with Crippen LogP contribution in [0, 0.1) is 0 Å². The first-order valence-corrected chi connectivity index (χ1v) is 5.65. The summed E-state index contributed by atoms with van der Waals surface area (Å²) >= 11 is 0. The van der Waals surface area contributed by atoms with E-state index in [2.05, 4.69) is 24.5 Å². The molecule has 0 aliphatic rings. The number of methoxy groups -OCH3 is 1. The Kier molecular flexibility index (Phi) is 8.33. The van der Waals surface area contributed by atoms with Gasteiger partial charge in [0.05, 0.1) is 13.2 Å². The maximum atomic E-state index is 11.5. The van der Waals surface area contributed by atoms with Crippen LogP contribution in [-0.4, -0.2) is 38.3 Å². The topological polar surface area (TPSA) is 50.4 Å². The first-order valence-electron chi connectivity index (χ1n) is 5.65. The molecule has 0 aliphatic carbocycles. The van der Waals surface area contributed by atoms with Crippen LogP contribution in [0.2, 0.25) is 0 Å². The van der Waals surface area contributed by atoms with Gasteiger partial charge >= 0.3 is 0 Å². The van der Waals surface area contributed by atoms with Crippen LogP contribution in [0.1, 0.15) is 33.6 Å². The van der Waals surface area contributed by atoms with Gasteiger partial charge in [-0.2, -0.15) is 0 Å². The normalized spacial score (nSPS) is 12.9. The Hall–Kier alpha value is -0.610. The largest absolute Gasteiger partial charge is 0.383 e. The van der Waals surface area contributed by atoms with Crippen LogP contribution in [0.4, 0.5) is 0 Å². The molecular formula is C11H24N2O2. The SMILES string of the molecule is CCC(CC)NC(=O)CNC(C)COC. The third kappa shape index (κ3) is 7.33. The van der Waals surface area contributed by atoms with Crippen LogP contribution < -0.4 is 10.6 Å². The summed E-state index contributed by atoms with van der Waals surface area (Å²) in [6.45, 7) is 7.14. The number of carbonyl (C=O) groups excluding carboxylic acids is 1. The van der Waals surface area contributed by atoms with Crippen molar-refractivity contribution in [1.82, 2.24) is 10.6 Å². The second kappa shape index (κ2) is 8.68. The average molecular weight is 216 g/mol. The molecule has 4 heteroatoms. The van der Waals surface area contributed by atoms with Crippen LogP contribution in [-0.2, 0) is 9.53 Å². The molecule has 0 fully saturated rings. The highest BCUT2D eigenvalue weighted by molar-refractivity contribution is 5.78. The fraction of sp³-hybridized carbons (Fsp3) is 0.909. The molecule has 1 atom stereocenters. The van der Waals surface area contributed by atoms with E-state index in [9.17, 15) is 4.79 Å². The first kappa shape index (κ1) is 14.4. The van der Waals surface area contributed by atoms with Crippen LogP contribution in [0.5, 0.6) is 0 Å². The average Bonchev–Trinajstić information content (AvgIpc) is 2.23. The lowest BCUT2D eigenvalue weighted by Crippen LogP contribution is -2.43. The fourth-order valence-corrected chi connectivity index (χ4v) is 1.35. The van der Waals surface area contributed by atoms with Crippen molar-refractivity contribution in [2.75, 3.05) is 20.3 Å². The molecule has 0 aromatic heterocycles. The maximum absolute atomic E-state index is 11.5. The molecule has 0 aromatic rings. The Bertz CT molecular complexity index is 170. The highest BCUT2D eigenvalue weighted by atomic mass is 16.5. The van der Waals surface area contributed by atoms with Crippen molar-refractivity contribution in [3.63, 3.8) is 0 Å². The van der Waals surface area contributed by atoms with Crippen molar-refractivity contribution in [1.29, 1.82) is 0 Å². The number of amides is 1. The minimum Gasteiger partial charge on any atom is -0.383 e. The summed E-state index contributed by atoms with van der Waals surface area (Å²) in [6, 6.07) is 0.513. The summed E-state index contributed by atoms with van der Waals surface area (Å²) in [7, 11) is 1.66. The van der Waals surface area contributed by atoms with E-state index in [0.29, 0.717) is 19.2 Å². The number of carbonyl (C=O) groups is 1. The van der Waals surface area contributed by atoms with E-state index >= 15 is 0 Å². The molecule has 0 saturated heterocycles. The number of hydrogen-bond acceptors (Lipinski definition) is 3. The van der Waals surface area contributed by atoms with Crippen molar-refractivity contribution in [3.05, 3.63) is 0 Å². The fourth-order valence-electron chi connectivity index (χ4n) is 1.35. The lowest BCUT2D eigenvalue weighted by Gasteiger charge is -2.16. The van der Waals surface area contributed by atoms with Gasteiger partial charge in [0.1, 0.15) is 0 Å². The van der Waals surface area contributed by atoms with Crippen LogP contribution in [0.3, 0.4) is 0 Å². The molecule has 0 radical (unpaired) electrons. The Morgan fingerprint density at radius 3 is 2.40 bits per heavy atom. The molecular weight excluding hydrogens is 192 g/mol. The molecule has 0 aliphatic heterocycles. The van der Waals surface area contributed by atoms with Gasteiger partial charge in [0.25, 0.3) is 0 Å². The molecule has 90 valence electrons. The van der Waals surface area contributed by atoms with E-state index in [1.165, 1.54) is 0 Å². The molecule has 0 aromatic carbocycles. The van der Waals surface area contributed by atoms with Gasteiger partial charge in [-0.3, -0.25) is 4.79 Å². The quantitative estimate of drug-likeness (QED) is 0.634. The van der Waals surface area contributed by atoms with Crippen molar-refractivity contribution in [2.24, 2.45) is 0 Å². The third-order valence-electron chi connectivity index (χ3n) is 2.38. The standard InChI is InChI=1S/C11H24N2O2/c1-5-10(6-2)13-11(14)7-12-9(3)8-15-4/h9-10,12H,5-8H2,1-4H3,(H,13,14). The van der Waals surface area contributed by atoms with E-state index in [1.807, 2.05) is 6.92 Å². The third-order valence-corrected chi connectivity index (χ3v) is 2.38. The second-order valence-electron chi connectivity index (χ2n) is 3.82. The summed E-state index contributed by atoms with van der Waals surface area (Å²) in [6.07, 6.45) is 1.96. The summed E-state index contributed by atoms with van der Waals surface area (Å²) in [5, 5.41) is 6.07. The van der Waals surface area contributed by atoms with E-state index in [0.717, 1.165) is 12.8 Å². The van der Waals surface area contributed by atoms with Crippen molar-refractivity contribution in [2.45, 2.75) is 45.7 Å². The van der Waals surface area contributed by atoms with Gasteiger partial charge in [0, 0.05) is 19.2 Å². The molecule has 2 N–H and O–H groups in total. The predicted molar refractivity (Wildman–Crippen MR) is 61.9 cm³/mol. The highest BCUT2D eigenvalue weighted by Crippen LogP contribution is 1.95. The van der Waals surface area contributed by atoms with Gasteiger partial charge in [-0.1, -0.05) is 13.8 Å². The minimum absolute atomic E-state index is 0.0617. The van der Waals surface area contributed by atoms with Crippen LogP contribution >= 0.6 is 0 Å². The molecule has 0 rings (SSSR count). The van der Waals surface area contributed by atoms with Gasteiger partial charge in [-0.15, -0.1) is 0 Å². The van der Waals surface area contributed by atoms with Gasteiger partial charge in [-0.05, 0) is 19.8 Å².